The van der Waals surface area contributed by atoms with Gasteiger partial charge in [-0.25, -0.2) is 0 Å². The van der Waals surface area contributed by atoms with Crippen molar-refractivity contribution in [3.05, 3.63) is 60.4 Å². The maximum absolute atomic E-state index is 13.0. The smallest absolute Gasteiger partial charge is 0.271 e. The molecule has 0 amide bonds. The van der Waals surface area contributed by atoms with Crippen molar-refractivity contribution in [3.8, 4) is 0 Å². The van der Waals surface area contributed by atoms with Crippen LogP contribution in [-0.4, -0.2) is 11.6 Å². The van der Waals surface area contributed by atoms with Gasteiger partial charge in [0.1, 0.15) is 21.3 Å². The molecule has 3 aromatic rings. The van der Waals surface area contributed by atoms with Crippen LogP contribution in [0.5, 0.6) is 0 Å². The molecule has 0 unspecified atom stereocenters. The van der Waals surface area contributed by atoms with Crippen molar-refractivity contribution in [1.82, 2.24) is 4.57 Å². The van der Waals surface area contributed by atoms with Crippen molar-refractivity contribution >= 4 is 51.2 Å². The molecule has 0 N–H and O–H groups in total. The lowest BCUT2D eigenvalue weighted by Crippen LogP contribution is -3.00. The SMILES string of the molecule is CCn1c(=O)/c(=C2\Sc3ccccc3N2C)s/c1=C\c1scc[n+]1C.[Cl-]. The summed E-state index contributed by atoms with van der Waals surface area (Å²) >= 11 is 4.93. The van der Waals surface area contributed by atoms with Gasteiger partial charge in [0.2, 0.25) is 0 Å². The Bertz CT molecular complexity index is 1130. The molecule has 1 aliphatic heterocycles. The first kappa shape index (κ1) is 19.2. The van der Waals surface area contributed by atoms with Gasteiger partial charge < -0.3 is 17.3 Å². The Morgan fingerprint density at radius 3 is 2.69 bits per heavy atom. The van der Waals surface area contributed by atoms with Gasteiger partial charge in [0, 0.05) is 18.5 Å². The van der Waals surface area contributed by atoms with Crippen molar-refractivity contribution < 1.29 is 17.0 Å². The second-order valence-corrected chi connectivity index (χ2v) is 8.74. The van der Waals surface area contributed by atoms with Crippen LogP contribution in [0.1, 0.15) is 11.9 Å². The highest BCUT2D eigenvalue weighted by Crippen LogP contribution is 2.44. The highest BCUT2D eigenvalue weighted by Gasteiger charge is 2.24. The number of para-hydroxylation sites is 1. The first-order valence-electron chi connectivity index (χ1n) is 7.99. The summed E-state index contributed by atoms with van der Waals surface area (Å²) in [6.45, 7) is 2.69. The zero-order valence-electron chi connectivity index (χ0n) is 14.6. The molecule has 136 valence electrons. The number of hydrogen-bond donors (Lipinski definition) is 0. The number of halogens is 1. The number of anilines is 1. The van der Waals surface area contributed by atoms with E-state index >= 15 is 0 Å². The third kappa shape index (κ3) is 3.13. The maximum Gasteiger partial charge on any atom is 0.271 e. The van der Waals surface area contributed by atoms with Gasteiger partial charge in [-0.1, -0.05) is 35.2 Å². The molecule has 0 spiro atoms. The third-order valence-corrected chi connectivity index (χ3v) is 7.62. The van der Waals surface area contributed by atoms with Crippen molar-refractivity contribution in [1.29, 1.82) is 0 Å². The number of rotatable bonds is 2. The van der Waals surface area contributed by atoms with Crippen molar-refractivity contribution in [2.24, 2.45) is 7.05 Å². The molecule has 8 heteroatoms. The summed E-state index contributed by atoms with van der Waals surface area (Å²) < 4.78 is 5.76. The van der Waals surface area contributed by atoms with Crippen LogP contribution in [0.3, 0.4) is 0 Å². The summed E-state index contributed by atoms with van der Waals surface area (Å²) in [5, 5.41) is 4.21. The number of benzene rings is 1. The van der Waals surface area contributed by atoms with Gasteiger partial charge in [-0.15, -0.1) is 11.3 Å². The minimum absolute atomic E-state index is 0. The minimum Gasteiger partial charge on any atom is -1.00 e. The molecule has 0 aliphatic carbocycles. The molecule has 1 aromatic carbocycles. The standard InChI is InChI=1S/C18H18N3OS3.ClH/c1-4-21-15(11-14-19(2)9-10-23-14)25-16(17(21)22)18-20(3)12-7-5-6-8-13(12)24-18;/h5-11H,4H2,1-3H3;1H/q+1;/p-1/b18-16+;. The number of thiazole rings is 2. The lowest BCUT2D eigenvalue weighted by molar-refractivity contribution is -0.668. The second kappa shape index (κ2) is 7.60. The predicted octanol–water partition coefficient (Wildman–Crippen LogP) is -1.04. The molecule has 1 aliphatic rings. The summed E-state index contributed by atoms with van der Waals surface area (Å²) in [5.74, 6) is 0. The predicted molar refractivity (Wildman–Crippen MR) is 107 cm³/mol. The topological polar surface area (TPSA) is 29.1 Å². The molecule has 2 aromatic heterocycles. The Morgan fingerprint density at radius 2 is 2.04 bits per heavy atom. The number of thioether (sulfide) groups is 1. The number of aromatic nitrogens is 2. The Balaban J connectivity index is 0.00000196. The molecule has 0 bridgehead atoms. The normalized spacial score (nSPS) is 16.0. The Kier molecular flexibility index (Phi) is 5.62. The average Bonchev–Trinajstić information content (AvgIpc) is 3.25. The molecule has 4 rings (SSSR count). The molecule has 0 atom stereocenters. The van der Waals surface area contributed by atoms with E-state index < -0.39 is 0 Å². The fourth-order valence-corrected chi connectivity index (χ4v) is 6.18. The van der Waals surface area contributed by atoms with E-state index in [1.165, 1.54) is 4.90 Å². The van der Waals surface area contributed by atoms with Crippen LogP contribution in [-0.2, 0) is 13.6 Å². The van der Waals surface area contributed by atoms with Crippen LogP contribution in [0.25, 0.3) is 11.1 Å². The van der Waals surface area contributed by atoms with Gasteiger partial charge in [0.05, 0.1) is 17.1 Å². The number of aryl methyl sites for hydroxylation is 1. The summed E-state index contributed by atoms with van der Waals surface area (Å²) in [4.78, 5) is 16.3. The van der Waals surface area contributed by atoms with Crippen LogP contribution in [0.2, 0.25) is 0 Å². The quantitative estimate of drug-likeness (QED) is 0.493. The van der Waals surface area contributed by atoms with Crippen LogP contribution in [0.4, 0.5) is 5.69 Å². The first-order chi connectivity index (χ1) is 12.1. The van der Waals surface area contributed by atoms with Crippen molar-refractivity contribution in [2.75, 3.05) is 11.9 Å². The zero-order chi connectivity index (χ0) is 17.6. The van der Waals surface area contributed by atoms with Crippen molar-refractivity contribution in [2.45, 2.75) is 18.4 Å². The van der Waals surface area contributed by atoms with Gasteiger partial charge in [-0.2, -0.15) is 4.57 Å². The van der Waals surface area contributed by atoms with E-state index in [9.17, 15) is 4.79 Å². The van der Waals surface area contributed by atoms with Gasteiger partial charge in [-0.05, 0) is 19.1 Å². The molecule has 0 radical (unpaired) electrons. The third-order valence-electron chi connectivity index (χ3n) is 4.23. The summed E-state index contributed by atoms with van der Waals surface area (Å²) in [6, 6.07) is 8.28. The monoisotopic (exact) mass is 423 g/mol. The summed E-state index contributed by atoms with van der Waals surface area (Å²) in [6.07, 6.45) is 4.14. The molecule has 3 heterocycles. The minimum atomic E-state index is 0. The van der Waals surface area contributed by atoms with Gasteiger partial charge in [0.15, 0.2) is 6.20 Å². The van der Waals surface area contributed by atoms with Crippen LogP contribution in [0.15, 0.2) is 45.5 Å². The second-order valence-electron chi connectivity index (χ2n) is 5.75. The first-order valence-corrected chi connectivity index (χ1v) is 10.5. The number of hydrogen-bond acceptors (Lipinski definition) is 5. The zero-order valence-corrected chi connectivity index (χ0v) is 17.8. The molecular weight excluding hydrogens is 406 g/mol. The van der Waals surface area contributed by atoms with Crippen LogP contribution >= 0.6 is 34.4 Å². The summed E-state index contributed by atoms with van der Waals surface area (Å²) in [7, 11) is 4.06. The molecule has 4 nitrogen and oxygen atoms in total. The Labute approximate surface area is 170 Å². The molecule has 26 heavy (non-hydrogen) atoms. The van der Waals surface area contributed by atoms with E-state index in [-0.39, 0.29) is 18.0 Å². The van der Waals surface area contributed by atoms with E-state index in [1.807, 2.05) is 43.9 Å². The van der Waals surface area contributed by atoms with Gasteiger partial charge >= 0.3 is 0 Å². The Morgan fingerprint density at radius 1 is 1.27 bits per heavy atom. The number of nitrogens with zero attached hydrogens (tertiary/aromatic N) is 3. The summed E-state index contributed by atoms with van der Waals surface area (Å²) in [5.41, 5.74) is 1.26. The lowest BCUT2D eigenvalue weighted by atomic mass is 10.3. The average molecular weight is 424 g/mol. The van der Waals surface area contributed by atoms with Crippen LogP contribution in [0, 0.1) is 0 Å². The number of fused-ring (bicyclic) bond motifs is 1. The Hall–Kier alpha value is -1.54. The lowest BCUT2D eigenvalue weighted by Gasteiger charge is -2.11. The highest BCUT2D eigenvalue weighted by molar-refractivity contribution is 8.08. The van der Waals surface area contributed by atoms with Crippen molar-refractivity contribution in [3.63, 3.8) is 0 Å². The van der Waals surface area contributed by atoms with E-state index in [1.54, 1.807) is 34.4 Å². The molecule has 0 saturated carbocycles. The maximum atomic E-state index is 13.0. The fourth-order valence-electron chi connectivity index (χ4n) is 2.86. The largest absolute Gasteiger partial charge is 1.00 e. The van der Waals surface area contributed by atoms with Gasteiger partial charge in [-0.3, -0.25) is 9.36 Å². The highest BCUT2D eigenvalue weighted by atomic mass is 35.5. The van der Waals surface area contributed by atoms with E-state index in [2.05, 4.69) is 33.1 Å². The molecule has 0 fully saturated rings. The van der Waals surface area contributed by atoms with E-state index in [0.717, 1.165) is 24.9 Å². The molecule has 0 saturated heterocycles. The van der Waals surface area contributed by atoms with E-state index in [0.29, 0.717) is 6.54 Å². The van der Waals surface area contributed by atoms with Gasteiger partial charge in [0.25, 0.3) is 10.6 Å². The molecular formula is C18H18ClN3OS3. The fraction of sp³-hybridized carbons (Fsp3) is 0.222. The van der Waals surface area contributed by atoms with E-state index in [4.69, 9.17) is 0 Å². The van der Waals surface area contributed by atoms with Crippen LogP contribution < -0.4 is 36.6 Å².